The highest BCUT2D eigenvalue weighted by atomic mass is 32.2. The highest BCUT2D eigenvalue weighted by molar-refractivity contribution is 7.91. The number of hydrogen-bond acceptors (Lipinski definition) is 7. The van der Waals surface area contributed by atoms with Crippen molar-refractivity contribution in [2.45, 2.75) is 17.6 Å². The van der Waals surface area contributed by atoms with Gasteiger partial charge in [-0.05, 0) is 30.5 Å². The number of sulfonamides is 1. The van der Waals surface area contributed by atoms with Crippen molar-refractivity contribution in [1.82, 2.24) is 19.3 Å². The lowest BCUT2D eigenvalue weighted by Gasteiger charge is -2.03. The largest absolute Gasteiger partial charge is 0.250 e. The Hall–Kier alpha value is -1.59. The normalized spacial score (nSPS) is 12.2. The van der Waals surface area contributed by atoms with E-state index in [0.29, 0.717) is 23.0 Å². The summed E-state index contributed by atoms with van der Waals surface area (Å²) in [6.45, 7) is 2.21. The molecule has 0 aliphatic rings. The Kier molecular flexibility index (Phi) is 4.46. The van der Waals surface area contributed by atoms with Crippen LogP contribution in [0.3, 0.4) is 0 Å². The minimum atomic E-state index is -3.45. The summed E-state index contributed by atoms with van der Waals surface area (Å²) in [6, 6.07) is 7.40. The molecule has 0 amide bonds. The van der Waals surface area contributed by atoms with Crippen LogP contribution in [0.15, 0.2) is 39.2 Å². The van der Waals surface area contributed by atoms with Crippen molar-refractivity contribution in [3.8, 4) is 10.7 Å². The van der Waals surface area contributed by atoms with Gasteiger partial charge in [-0.15, -0.1) is 39.1 Å². The number of thiophene rings is 2. The molecule has 130 valence electrons. The van der Waals surface area contributed by atoms with E-state index in [-0.39, 0.29) is 0 Å². The second-order valence-electron chi connectivity index (χ2n) is 5.35. The summed E-state index contributed by atoms with van der Waals surface area (Å²) in [6.07, 6.45) is 0.552. The minimum absolute atomic E-state index is 0.319. The lowest BCUT2D eigenvalue weighted by atomic mass is 10.3. The first kappa shape index (κ1) is 16.9. The van der Waals surface area contributed by atoms with Crippen molar-refractivity contribution in [3.05, 3.63) is 45.6 Å². The number of nitrogens with zero attached hydrogens (tertiary/aromatic N) is 3. The molecular formula is C15H14N4O2S4. The molecule has 0 aliphatic carbocycles. The van der Waals surface area contributed by atoms with E-state index in [0.717, 1.165) is 20.4 Å². The van der Waals surface area contributed by atoms with Crippen LogP contribution in [0.4, 0.5) is 0 Å². The van der Waals surface area contributed by atoms with E-state index in [9.17, 15) is 8.42 Å². The summed E-state index contributed by atoms with van der Waals surface area (Å²) >= 11 is 4.38. The topological polar surface area (TPSA) is 76.4 Å². The van der Waals surface area contributed by atoms with Crippen LogP contribution in [-0.2, 0) is 16.4 Å². The Bertz CT molecular complexity index is 1110. The third kappa shape index (κ3) is 3.40. The molecule has 0 unspecified atom stereocenters. The minimum Gasteiger partial charge on any atom is -0.210 e. The van der Waals surface area contributed by atoms with Crippen LogP contribution in [-0.4, -0.2) is 29.6 Å². The fourth-order valence-electron chi connectivity index (χ4n) is 2.35. The second-order valence-corrected chi connectivity index (χ2v) is 10.4. The third-order valence-corrected chi connectivity index (χ3v) is 8.23. The summed E-state index contributed by atoms with van der Waals surface area (Å²) in [7, 11) is -3.45. The summed E-state index contributed by atoms with van der Waals surface area (Å²) in [4.78, 5) is 7.34. The molecule has 0 fully saturated rings. The van der Waals surface area contributed by atoms with E-state index in [2.05, 4.69) is 14.8 Å². The molecule has 1 N–H and O–H groups in total. The van der Waals surface area contributed by atoms with Crippen molar-refractivity contribution in [2.75, 3.05) is 6.54 Å². The van der Waals surface area contributed by atoms with Crippen molar-refractivity contribution in [2.24, 2.45) is 0 Å². The van der Waals surface area contributed by atoms with E-state index in [1.165, 1.54) is 22.7 Å². The van der Waals surface area contributed by atoms with Crippen molar-refractivity contribution in [3.63, 3.8) is 0 Å². The predicted molar refractivity (Wildman–Crippen MR) is 102 cm³/mol. The van der Waals surface area contributed by atoms with E-state index in [1.54, 1.807) is 21.9 Å². The van der Waals surface area contributed by atoms with Gasteiger partial charge in [0.25, 0.3) is 0 Å². The smallest absolute Gasteiger partial charge is 0.210 e. The van der Waals surface area contributed by atoms with Gasteiger partial charge in [-0.25, -0.2) is 17.7 Å². The van der Waals surface area contributed by atoms with Crippen LogP contribution in [0.1, 0.15) is 10.6 Å². The van der Waals surface area contributed by atoms with E-state index >= 15 is 0 Å². The zero-order chi connectivity index (χ0) is 17.4. The van der Waals surface area contributed by atoms with Gasteiger partial charge in [0.15, 0.2) is 5.82 Å². The predicted octanol–water partition coefficient (Wildman–Crippen LogP) is 3.41. The van der Waals surface area contributed by atoms with Crippen molar-refractivity contribution in [1.29, 1.82) is 0 Å². The zero-order valence-corrected chi connectivity index (χ0v) is 16.4. The quantitative estimate of drug-likeness (QED) is 0.528. The molecule has 0 bridgehead atoms. The number of aromatic nitrogens is 3. The van der Waals surface area contributed by atoms with Gasteiger partial charge in [-0.3, -0.25) is 0 Å². The Balaban J connectivity index is 1.48. The van der Waals surface area contributed by atoms with Gasteiger partial charge >= 0.3 is 0 Å². The molecular weight excluding hydrogens is 396 g/mol. The van der Waals surface area contributed by atoms with E-state index in [4.69, 9.17) is 0 Å². The maximum absolute atomic E-state index is 12.3. The summed E-state index contributed by atoms with van der Waals surface area (Å²) in [5, 5.41) is 8.50. The molecule has 0 radical (unpaired) electrons. The molecule has 0 atom stereocenters. The Labute approximate surface area is 156 Å². The van der Waals surface area contributed by atoms with Crippen LogP contribution < -0.4 is 4.72 Å². The van der Waals surface area contributed by atoms with Gasteiger partial charge < -0.3 is 0 Å². The fourth-order valence-corrected chi connectivity index (χ4v) is 6.22. The van der Waals surface area contributed by atoms with E-state index < -0.39 is 10.0 Å². The van der Waals surface area contributed by atoms with Crippen LogP contribution in [0.25, 0.3) is 15.7 Å². The maximum atomic E-state index is 12.3. The number of thiazole rings is 1. The molecule has 4 aromatic heterocycles. The first-order valence-corrected chi connectivity index (χ1v) is 11.5. The molecule has 0 saturated carbocycles. The van der Waals surface area contributed by atoms with Gasteiger partial charge in [0.2, 0.25) is 15.0 Å². The Morgan fingerprint density at radius 3 is 2.84 bits per heavy atom. The third-order valence-electron chi connectivity index (χ3n) is 3.55. The zero-order valence-electron chi connectivity index (χ0n) is 13.2. The highest BCUT2D eigenvalue weighted by Gasteiger charge is 2.17. The van der Waals surface area contributed by atoms with Gasteiger partial charge in [0, 0.05) is 23.2 Å². The second kappa shape index (κ2) is 6.61. The summed E-state index contributed by atoms with van der Waals surface area (Å²) < 4.78 is 29.3. The molecule has 4 aromatic rings. The number of aryl methyl sites for hydroxylation is 1. The van der Waals surface area contributed by atoms with Crippen molar-refractivity contribution >= 4 is 49.0 Å². The number of fused-ring (bicyclic) bond motifs is 1. The fraction of sp³-hybridized carbons (Fsp3) is 0.200. The molecule has 0 aliphatic heterocycles. The average Bonchev–Trinajstić information content (AvgIpc) is 3.31. The number of rotatable bonds is 6. The monoisotopic (exact) mass is 410 g/mol. The Morgan fingerprint density at radius 2 is 2.12 bits per heavy atom. The average molecular weight is 411 g/mol. The molecule has 4 heterocycles. The standard InChI is InChI=1S/C15H14N4O2S4/c1-10-4-5-13(24-10)25(20,21)16-7-6-11-9-23-15-17-14(18-19(11)15)12-3-2-8-22-12/h2-5,8-9,16H,6-7H2,1H3. The first-order valence-electron chi connectivity index (χ1n) is 7.46. The van der Waals surface area contributed by atoms with Crippen LogP contribution >= 0.6 is 34.0 Å². The molecule has 0 spiro atoms. The molecule has 0 saturated heterocycles. The molecule has 6 nitrogen and oxygen atoms in total. The Morgan fingerprint density at radius 1 is 1.24 bits per heavy atom. The van der Waals surface area contributed by atoms with Gasteiger partial charge in [0.1, 0.15) is 4.21 Å². The number of hydrogen-bond donors (Lipinski definition) is 1. The van der Waals surface area contributed by atoms with Gasteiger partial charge in [-0.1, -0.05) is 6.07 Å². The lowest BCUT2D eigenvalue weighted by Crippen LogP contribution is -2.25. The summed E-state index contributed by atoms with van der Waals surface area (Å²) in [5.41, 5.74) is 0.945. The molecule has 10 heteroatoms. The number of nitrogens with one attached hydrogen (secondary N) is 1. The lowest BCUT2D eigenvalue weighted by molar-refractivity contribution is 0.583. The molecule has 25 heavy (non-hydrogen) atoms. The summed E-state index contributed by atoms with van der Waals surface area (Å²) in [5.74, 6) is 0.706. The maximum Gasteiger partial charge on any atom is 0.250 e. The SMILES string of the molecule is Cc1ccc(S(=O)(=O)NCCc2csc3nc(-c4cccs4)nn23)s1. The molecule has 4 rings (SSSR count). The highest BCUT2D eigenvalue weighted by Crippen LogP contribution is 2.24. The van der Waals surface area contributed by atoms with Crippen LogP contribution in [0.5, 0.6) is 0 Å². The first-order chi connectivity index (χ1) is 12.0. The van der Waals surface area contributed by atoms with Crippen molar-refractivity contribution < 1.29 is 8.42 Å². The van der Waals surface area contributed by atoms with Gasteiger partial charge in [-0.2, -0.15) is 4.98 Å². The van der Waals surface area contributed by atoms with E-state index in [1.807, 2.05) is 35.9 Å². The van der Waals surface area contributed by atoms with Crippen LogP contribution in [0.2, 0.25) is 0 Å². The van der Waals surface area contributed by atoms with Gasteiger partial charge in [0.05, 0.1) is 10.6 Å². The molecule has 0 aromatic carbocycles. The van der Waals surface area contributed by atoms with Crippen LogP contribution in [0, 0.1) is 6.92 Å².